The number of fused-ring (bicyclic) bond motifs is 1. The molecule has 0 radical (unpaired) electrons. The number of benzene rings is 2. The van der Waals surface area contributed by atoms with Gasteiger partial charge in [-0.3, -0.25) is 9.36 Å². The third-order valence-electron chi connectivity index (χ3n) is 4.76. The van der Waals surface area contributed by atoms with Gasteiger partial charge in [-0.15, -0.1) is 11.3 Å². The number of hydrogen-bond donors (Lipinski definition) is 1. The summed E-state index contributed by atoms with van der Waals surface area (Å²) in [5.41, 5.74) is 7.53. The number of rotatable bonds is 6. The molecule has 2 aromatic carbocycles. The number of ether oxygens (including phenoxy) is 1. The van der Waals surface area contributed by atoms with E-state index < -0.39 is 5.97 Å². The Labute approximate surface area is 202 Å². The first-order valence-electron chi connectivity index (χ1n) is 9.83. The maximum absolute atomic E-state index is 13.4. The summed E-state index contributed by atoms with van der Waals surface area (Å²) in [6, 6.07) is 16.0. The number of thiophene rings is 1. The van der Waals surface area contributed by atoms with Crippen LogP contribution in [0.25, 0.3) is 16.6 Å². The average Bonchev–Trinajstić information content (AvgIpc) is 3.13. The van der Waals surface area contributed by atoms with E-state index in [1.807, 2.05) is 0 Å². The van der Waals surface area contributed by atoms with E-state index in [4.69, 9.17) is 22.1 Å². The molecule has 7 nitrogen and oxygen atoms in total. The predicted octanol–water partition coefficient (Wildman–Crippen LogP) is 5.02. The molecule has 0 aliphatic carbocycles. The topological polar surface area (TPSA) is 111 Å². The van der Waals surface area contributed by atoms with Gasteiger partial charge in [-0.25, -0.2) is 9.78 Å². The van der Waals surface area contributed by atoms with Crippen molar-refractivity contribution in [3.63, 3.8) is 0 Å². The summed E-state index contributed by atoms with van der Waals surface area (Å²) in [6.45, 7) is 1.91. The molecule has 0 aliphatic rings. The largest absolute Gasteiger partial charge is 0.462 e. The van der Waals surface area contributed by atoms with E-state index in [2.05, 4.69) is 11.1 Å². The molecule has 0 fully saturated rings. The van der Waals surface area contributed by atoms with Crippen molar-refractivity contribution in [3.8, 4) is 11.8 Å². The molecule has 0 aliphatic heterocycles. The normalized spacial score (nSPS) is 10.8. The molecule has 2 heterocycles. The molecule has 0 bridgehead atoms. The van der Waals surface area contributed by atoms with Crippen LogP contribution in [0.2, 0.25) is 5.02 Å². The first kappa shape index (κ1) is 22.9. The van der Waals surface area contributed by atoms with Crippen molar-refractivity contribution in [1.29, 1.82) is 5.26 Å². The number of carbonyl (C=O) groups is 1. The van der Waals surface area contributed by atoms with E-state index in [0.717, 1.165) is 11.3 Å². The van der Waals surface area contributed by atoms with E-state index in [1.54, 1.807) is 55.5 Å². The highest BCUT2D eigenvalue weighted by Gasteiger charge is 2.24. The monoisotopic (exact) mass is 496 g/mol. The van der Waals surface area contributed by atoms with Gasteiger partial charge in [0.2, 0.25) is 0 Å². The summed E-state index contributed by atoms with van der Waals surface area (Å²) in [5.74, 6) is -0.346. The lowest BCUT2D eigenvalue weighted by molar-refractivity contribution is 0.0531. The zero-order valence-electron chi connectivity index (χ0n) is 17.4. The lowest BCUT2D eigenvalue weighted by Crippen LogP contribution is -2.21. The van der Waals surface area contributed by atoms with Crippen molar-refractivity contribution >= 4 is 56.6 Å². The number of nitriles is 1. The molecule has 166 valence electrons. The van der Waals surface area contributed by atoms with Gasteiger partial charge in [0.15, 0.2) is 5.16 Å². The predicted molar refractivity (Wildman–Crippen MR) is 131 cm³/mol. The summed E-state index contributed by atoms with van der Waals surface area (Å²) in [7, 11) is 0. The third-order valence-corrected chi connectivity index (χ3v) is 7.01. The number of thioether (sulfide) groups is 1. The van der Waals surface area contributed by atoms with Crippen LogP contribution in [-0.4, -0.2) is 22.1 Å². The lowest BCUT2D eigenvalue weighted by Gasteiger charge is -2.14. The van der Waals surface area contributed by atoms with Crippen molar-refractivity contribution in [1.82, 2.24) is 9.55 Å². The first-order chi connectivity index (χ1) is 15.9. The van der Waals surface area contributed by atoms with Crippen LogP contribution >= 0.6 is 34.7 Å². The minimum atomic E-state index is -0.537. The van der Waals surface area contributed by atoms with Crippen LogP contribution in [0.5, 0.6) is 0 Å². The number of para-hydroxylation sites is 1. The van der Waals surface area contributed by atoms with E-state index in [-0.39, 0.29) is 33.4 Å². The van der Waals surface area contributed by atoms with Crippen molar-refractivity contribution in [3.05, 3.63) is 79.9 Å². The minimum Gasteiger partial charge on any atom is -0.462 e. The van der Waals surface area contributed by atoms with Crippen molar-refractivity contribution in [2.24, 2.45) is 0 Å². The molecule has 0 spiro atoms. The zero-order valence-corrected chi connectivity index (χ0v) is 19.8. The van der Waals surface area contributed by atoms with Crippen molar-refractivity contribution in [2.45, 2.75) is 17.8 Å². The Bertz CT molecular complexity index is 1470. The Morgan fingerprint density at radius 2 is 2.09 bits per heavy atom. The van der Waals surface area contributed by atoms with E-state index in [9.17, 15) is 14.9 Å². The van der Waals surface area contributed by atoms with Gasteiger partial charge in [-0.1, -0.05) is 41.6 Å². The molecule has 2 aromatic heterocycles. The second-order valence-electron chi connectivity index (χ2n) is 6.80. The van der Waals surface area contributed by atoms with Crippen LogP contribution in [0.15, 0.2) is 58.5 Å². The van der Waals surface area contributed by atoms with Gasteiger partial charge >= 0.3 is 5.97 Å². The number of halogens is 1. The van der Waals surface area contributed by atoms with Crippen LogP contribution in [0, 0.1) is 11.3 Å². The van der Waals surface area contributed by atoms with Crippen LogP contribution in [0.1, 0.15) is 27.7 Å². The number of hydrogen-bond acceptors (Lipinski definition) is 8. The Morgan fingerprint density at radius 1 is 1.30 bits per heavy atom. The van der Waals surface area contributed by atoms with Crippen LogP contribution in [0.4, 0.5) is 5.00 Å². The molecule has 2 N–H and O–H groups in total. The molecule has 4 rings (SSSR count). The number of aromatic nitrogens is 2. The number of carbonyl (C=O) groups excluding carboxylic acids is 1. The molecule has 33 heavy (non-hydrogen) atoms. The van der Waals surface area contributed by atoms with E-state index in [0.29, 0.717) is 32.3 Å². The highest BCUT2D eigenvalue weighted by Crippen LogP contribution is 2.36. The molecule has 0 saturated carbocycles. The summed E-state index contributed by atoms with van der Waals surface area (Å²) in [5, 5.41) is 11.2. The summed E-state index contributed by atoms with van der Waals surface area (Å²) >= 11 is 8.42. The molecule has 0 saturated heterocycles. The molecule has 10 heteroatoms. The van der Waals surface area contributed by atoms with E-state index >= 15 is 0 Å². The molecule has 0 unspecified atom stereocenters. The average molecular weight is 497 g/mol. The quantitative estimate of drug-likeness (QED) is 0.226. The Hall–Kier alpha value is -3.32. The highest BCUT2D eigenvalue weighted by molar-refractivity contribution is 7.98. The Kier molecular flexibility index (Phi) is 6.70. The molecule has 0 amide bonds. The second kappa shape index (κ2) is 9.67. The van der Waals surface area contributed by atoms with Gasteiger partial charge in [0, 0.05) is 16.3 Å². The number of nitrogen functional groups attached to an aromatic ring is 1. The van der Waals surface area contributed by atoms with Crippen molar-refractivity contribution < 1.29 is 9.53 Å². The fourth-order valence-corrected chi connectivity index (χ4v) is 5.54. The van der Waals surface area contributed by atoms with Gasteiger partial charge < -0.3 is 10.5 Å². The van der Waals surface area contributed by atoms with Crippen LogP contribution in [0.3, 0.4) is 0 Å². The van der Waals surface area contributed by atoms with Gasteiger partial charge in [0.25, 0.3) is 5.56 Å². The van der Waals surface area contributed by atoms with Crippen LogP contribution in [-0.2, 0) is 10.5 Å². The minimum absolute atomic E-state index is 0.191. The number of esters is 1. The Balaban J connectivity index is 1.84. The third kappa shape index (κ3) is 4.46. The molecule has 4 aromatic rings. The molecule has 0 atom stereocenters. The molecular weight excluding hydrogens is 480 g/mol. The van der Waals surface area contributed by atoms with Gasteiger partial charge in [0.05, 0.1) is 28.8 Å². The maximum Gasteiger partial charge on any atom is 0.348 e. The second-order valence-corrected chi connectivity index (χ2v) is 9.23. The van der Waals surface area contributed by atoms with Gasteiger partial charge in [0.1, 0.15) is 15.9 Å². The summed E-state index contributed by atoms with van der Waals surface area (Å²) in [6.07, 6.45) is 0. The van der Waals surface area contributed by atoms with E-state index in [1.165, 1.54) is 16.3 Å². The number of nitrogens with zero attached hydrogens (tertiary/aromatic N) is 3. The van der Waals surface area contributed by atoms with Crippen LogP contribution < -0.4 is 11.3 Å². The van der Waals surface area contributed by atoms with Crippen molar-refractivity contribution in [2.75, 3.05) is 12.3 Å². The fraction of sp³-hybridized carbons (Fsp3) is 0.130. The Morgan fingerprint density at radius 3 is 2.82 bits per heavy atom. The zero-order chi connectivity index (χ0) is 23.5. The maximum atomic E-state index is 13.4. The summed E-state index contributed by atoms with van der Waals surface area (Å²) < 4.78 is 6.61. The fourth-order valence-electron chi connectivity index (χ4n) is 3.30. The van der Waals surface area contributed by atoms with Gasteiger partial charge in [-0.2, -0.15) is 5.26 Å². The summed E-state index contributed by atoms with van der Waals surface area (Å²) in [4.78, 5) is 30.8. The lowest BCUT2D eigenvalue weighted by atomic mass is 10.2. The van der Waals surface area contributed by atoms with Gasteiger partial charge in [-0.05, 0) is 37.3 Å². The number of nitrogens with two attached hydrogens (primary N) is 1. The number of anilines is 1. The SMILES string of the molecule is CCOC(=O)c1sc(N)c(C#N)c1CSc1nc2ccccc2c(=O)n1-c1cccc(Cl)c1. The standard InChI is InChI=1S/C23H17ClN4O3S2/c1-2-31-22(30)19-17(16(11-25)20(26)33-19)12-32-23-27-18-9-4-3-8-15(18)21(29)28(23)14-7-5-6-13(24)10-14/h3-10H,2,12,26H2,1H3. The first-order valence-corrected chi connectivity index (χ1v) is 12.0. The smallest absolute Gasteiger partial charge is 0.348 e. The highest BCUT2D eigenvalue weighted by atomic mass is 35.5. The molecular formula is C23H17ClN4O3S2.